The predicted molar refractivity (Wildman–Crippen MR) is 82.7 cm³/mol. The van der Waals surface area contributed by atoms with Crippen LogP contribution in [-0.4, -0.2) is 34.6 Å². The van der Waals surface area contributed by atoms with Crippen molar-refractivity contribution in [1.29, 1.82) is 0 Å². The molecule has 1 heterocycles. The molecule has 0 amide bonds. The summed E-state index contributed by atoms with van der Waals surface area (Å²) in [6.07, 6.45) is 1.01. The number of rotatable bonds is 7. The van der Waals surface area contributed by atoms with Crippen molar-refractivity contribution in [3.8, 4) is 17.0 Å². The quantitative estimate of drug-likeness (QED) is 0.795. The van der Waals surface area contributed by atoms with Crippen molar-refractivity contribution in [2.24, 2.45) is 5.92 Å². The molecule has 0 saturated heterocycles. The Balaban J connectivity index is 2.08. The van der Waals surface area contributed by atoms with Crippen LogP contribution < -0.4 is 4.74 Å². The first kappa shape index (κ1) is 16.0. The largest absolute Gasteiger partial charge is 0.494 e. The maximum absolute atomic E-state index is 11.8. The zero-order valence-electron chi connectivity index (χ0n) is 13.1. The van der Waals surface area contributed by atoms with Crippen LogP contribution in [0.4, 0.5) is 0 Å². The fraction of sp³-hybridized carbons (Fsp3) is 0.438. The van der Waals surface area contributed by atoms with E-state index in [1.165, 1.54) is 0 Å². The van der Waals surface area contributed by atoms with Crippen molar-refractivity contribution in [2.45, 2.75) is 27.2 Å². The highest BCUT2D eigenvalue weighted by Gasteiger charge is 2.18. The van der Waals surface area contributed by atoms with Crippen LogP contribution in [0.25, 0.3) is 11.3 Å². The first-order chi connectivity index (χ1) is 10.6. The van der Waals surface area contributed by atoms with E-state index in [4.69, 9.17) is 9.47 Å². The summed E-state index contributed by atoms with van der Waals surface area (Å²) in [7, 11) is 0. The average Bonchev–Trinajstić information content (AvgIpc) is 2.97. The van der Waals surface area contributed by atoms with Crippen LogP contribution in [0, 0.1) is 5.92 Å². The third kappa shape index (κ3) is 4.07. The Morgan fingerprint density at radius 3 is 2.59 bits per heavy atom. The van der Waals surface area contributed by atoms with Crippen molar-refractivity contribution in [3.63, 3.8) is 0 Å². The molecule has 2 rings (SSSR count). The van der Waals surface area contributed by atoms with Crippen LogP contribution in [0.2, 0.25) is 0 Å². The van der Waals surface area contributed by atoms with Gasteiger partial charge in [0.05, 0.1) is 13.2 Å². The first-order valence-corrected chi connectivity index (χ1v) is 7.43. The molecule has 2 aromatic rings. The third-order valence-electron chi connectivity index (χ3n) is 3.11. The number of nitrogens with zero attached hydrogens (tertiary/aromatic N) is 2. The summed E-state index contributed by atoms with van der Waals surface area (Å²) in [6, 6.07) is 7.43. The third-order valence-corrected chi connectivity index (χ3v) is 3.11. The monoisotopic (exact) mass is 303 g/mol. The minimum Gasteiger partial charge on any atom is -0.494 e. The van der Waals surface area contributed by atoms with Crippen LogP contribution in [0.1, 0.15) is 37.7 Å². The number of aromatic amines is 1. The molecule has 6 nitrogen and oxygen atoms in total. The second kappa shape index (κ2) is 7.59. The molecule has 0 aliphatic rings. The molecule has 0 radical (unpaired) electrons. The van der Waals surface area contributed by atoms with Gasteiger partial charge in [-0.15, -0.1) is 5.10 Å². The SMILES string of the molecule is CCOC(=O)c1n[nH]nc1-c1ccc(OCCC(C)C)cc1. The number of hydrogen-bond acceptors (Lipinski definition) is 5. The summed E-state index contributed by atoms with van der Waals surface area (Å²) >= 11 is 0. The number of carbonyl (C=O) groups excluding carboxylic acids is 1. The van der Waals surface area contributed by atoms with Gasteiger partial charge in [0.25, 0.3) is 0 Å². The van der Waals surface area contributed by atoms with Gasteiger partial charge in [-0.2, -0.15) is 10.3 Å². The molecule has 6 heteroatoms. The first-order valence-electron chi connectivity index (χ1n) is 7.43. The Hall–Kier alpha value is -2.37. The van der Waals surface area contributed by atoms with Gasteiger partial charge in [-0.25, -0.2) is 4.79 Å². The molecule has 22 heavy (non-hydrogen) atoms. The molecule has 1 N–H and O–H groups in total. The second-order valence-corrected chi connectivity index (χ2v) is 5.30. The van der Waals surface area contributed by atoms with E-state index in [9.17, 15) is 4.79 Å². The number of aromatic nitrogens is 3. The van der Waals surface area contributed by atoms with Gasteiger partial charge in [0.2, 0.25) is 0 Å². The lowest BCUT2D eigenvalue weighted by molar-refractivity contribution is 0.0520. The molecular formula is C16H21N3O3. The topological polar surface area (TPSA) is 77.1 Å². The van der Waals surface area contributed by atoms with Gasteiger partial charge in [0, 0.05) is 5.56 Å². The van der Waals surface area contributed by atoms with E-state index in [0.29, 0.717) is 24.8 Å². The van der Waals surface area contributed by atoms with E-state index in [1.807, 2.05) is 24.3 Å². The maximum atomic E-state index is 11.8. The van der Waals surface area contributed by atoms with Gasteiger partial charge in [-0.1, -0.05) is 13.8 Å². The van der Waals surface area contributed by atoms with Crippen LogP contribution in [-0.2, 0) is 4.74 Å². The fourth-order valence-corrected chi connectivity index (χ4v) is 1.90. The molecule has 0 atom stereocenters. The normalized spacial score (nSPS) is 10.7. The number of ether oxygens (including phenoxy) is 2. The van der Waals surface area contributed by atoms with E-state index in [1.54, 1.807) is 6.92 Å². The molecular weight excluding hydrogens is 282 g/mol. The van der Waals surface area contributed by atoms with Gasteiger partial charge in [0.1, 0.15) is 11.4 Å². The van der Waals surface area contributed by atoms with Crippen molar-refractivity contribution in [3.05, 3.63) is 30.0 Å². The number of carbonyl (C=O) groups is 1. The lowest BCUT2D eigenvalue weighted by Crippen LogP contribution is -2.06. The Morgan fingerprint density at radius 2 is 1.95 bits per heavy atom. The number of hydrogen-bond donors (Lipinski definition) is 1. The minimum absolute atomic E-state index is 0.190. The fourth-order valence-electron chi connectivity index (χ4n) is 1.90. The Kier molecular flexibility index (Phi) is 5.52. The molecule has 0 aliphatic heterocycles. The molecule has 1 aromatic heterocycles. The van der Waals surface area contributed by atoms with Gasteiger partial charge >= 0.3 is 5.97 Å². The predicted octanol–water partition coefficient (Wildman–Crippen LogP) is 3.07. The Labute approximate surface area is 129 Å². The molecule has 0 bridgehead atoms. The number of nitrogens with one attached hydrogen (secondary N) is 1. The van der Waals surface area contributed by atoms with Gasteiger partial charge in [0.15, 0.2) is 5.69 Å². The summed E-state index contributed by atoms with van der Waals surface area (Å²) in [5, 5.41) is 10.4. The van der Waals surface area contributed by atoms with Crippen molar-refractivity contribution >= 4 is 5.97 Å². The average molecular weight is 303 g/mol. The molecule has 0 fully saturated rings. The maximum Gasteiger partial charge on any atom is 0.361 e. The zero-order chi connectivity index (χ0) is 15.9. The molecule has 0 spiro atoms. The van der Waals surface area contributed by atoms with Crippen molar-refractivity contribution < 1.29 is 14.3 Å². The molecule has 1 aromatic carbocycles. The van der Waals surface area contributed by atoms with E-state index in [2.05, 4.69) is 29.3 Å². The lowest BCUT2D eigenvalue weighted by Gasteiger charge is -2.08. The summed E-state index contributed by atoms with van der Waals surface area (Å²) in [5.74, 6) is 0.927. The molecule has 0 unspecified atom stereocenters. The van der Waals surface area contributed by atoms with E-state index >= 15 is 0 Å². The number of benzene rings is 1. The lowest BCUT2D eigenvalue weighted by atomic mass is 10.1. The summed E-state index contributed by atoms with van der Waals surface area (Å²) < 4.78 is 10.6. The Morgan fingerprint density at radius 1 is 1.23 bits per heavy atom. The van der Waals surface area contributed by atoms with Crippen LogP contribution in [0.15, 0.2) is 24.3 Å². The van der Waals surface area contributed by atoms with Crippen molar-refractivity contribution in [1.82, 2.24) is 15.4 Å². The summed E-state index contributed by atoms with van der Waals surface area (Å²) in [4.78, 5) is 11.8. The molecule has 0 aliphatic carbocycles. The van der Waals surface area contributed by atoms with Crippen LogP contribution in [0.5, 0.6) is 5.75 Å². The highest BCUT2D eigenvalue weighted by Crippen LogP contribution is 2.23. The van der Waals surface area contributed by atoms with E-state index in [0.717, 1.165) is 17.7 Å². The summed E-state index contributed by atoms with van der Waals surface area (Å²) in [5.41, 5.74) is 1.45. The highest BCUT2D eigenvalue weighted by molar-refractivity contribution is 5.93. The Bertz CT molecular complexity index is 605. The van der Waals surface area contributed by atoms with Crippen LogP contribution >= 0.6 is 0 Å². The van der Waals surface area contributed by atoms with Gasteiger partial charge in [-0.3, -0.25) is 0 Å². The number of H-pyrrole nitrogens is 1. The van der Waals surface area contributed by atoms with E-state index in [-0.39, 0.29) is 5.69 Å². The van der Waals surface area contributed by atoms with Gasteiger partial charge < -0.3 is 9.47 Å². The smallest absolute Gasteiger partial charge is 0.361 e. The minimum atomic E-state index is -0.483. The standard InChI is InChI=1S/C16H21N3O3/c1-4-21-16(20)15-14(17-19-18-15)12-5-7-13(8-6-12)22-10-9-11(2)3/h5-8,11H,4,9-10H2,1-3H3,(H,17,18,19). The molecule has 0 saturated carbocycles. The zero-order valence-corrected chi connectivity index (χ0v) is 13.1. The van der Waals surface area contributed by atoms with E-state index < -0.39 is 5.97 Å². The summed E-state index contributed by atoms with van der Waals surface area (Å²) in [6.45, 7) is 7.06. The number of esters is 1. The van der Waals surface area contributed by atoms with Crippen LogP contribution in [0.3, 0.4) is 0 Å². The van der Waals surface area contributed by atoms with Crippen molar-refractivity contribution in [2.75, 3.05) is 13.2 Å². The second-order valence-electron chi connectivity index (χ2n) is 5.30. The van der Waals surface area contributed by atoms with Gasteiger partial charge in [-0.05, 0) is 43.5 Å². The highest BCUT2D eigenvalue weighted by atomic mass is 16.5. The molecule has 118 valence electrons.